The zero-order valence-electron chi connectivity index (χ0n) is 12.1. The molecule has 2 rings (SSSR count). The number of nitrogens with zero attached hydrogens (tertiary/aromatic N) is 2. The molecule has 0 radical (unpaired) electrons. The number of piperidine rings is 1. The fourth-order valence-electron chi connectivity index (χ4n) is 2.77. The molecule has 7 nitrogen and oxygen atoms in total. The quantitative estimate of drug-likeness (QED) is 0.666. The lowest BCUT2D eigenvalue weighted by molar-refractivity contribution is -0.388. The molecule has 1 aliphatic heterocycles. The van der Waals surface area contributed by atoms with Gasteiger partial charge in [0, 0.05) is 24.7 Å². The minimum absolute atomic E-state index is 0.181. The Morgan fingerprint density at radius 2 is 2.14 bits per heavy atom. The third kappa shape index (κ3) is 2.96. The standard InChI is InChI=1S/C13H18FN3O4S/c1-9(15)11-6-2-3-8-16(11)22(20,21)13-10(14)5-4-7-12(13)17(18)19/h4-5,7,9,11H,2-3,6,8,15H2,1H3. The van der Waals surface area contributed by atoms with Crippen molar-refractivity contribution in [3.63, 3.8) is 0 Å². The fourth-order valence-corrected chi connectivity index (χ4v) is 4.75. The van der Waals surface area contributed by atoms with Crippen LogP contribution in [0.2, 0.25) is 0 Å². The molecule has 0 aromatic heterocycles. The minimum atomic E-state index is -4.33. The Labute approximate surface area is 128 Å². The van der Waals surface area contributed by atoms with Gasteiger partial charge in [0.1, 0.15) is 5.82 Å². The molecule has 0 bridgehead atoms. The zero-order valence-corrected chi connectivity index (χ0v) is 12.9. The highest BCUT2D eigenvalue weighted by molar-refractivity contribution is 7.89. The lowest BCUT2D eigenvalue weighted by atomic mass is 10.00. The van der Waals surface area contributed by atoms with Crippen LogP contribution >= 0.6 is 0 Å². The second kappa shape index (κ2) is 6.27. The first-order valence-electron chi connectivity index (χ1n) is 6.97. The van der Waals surface area contributed by atoms with Crippen molar-refractivity contribution in [2.45, 2.75) is 43.2 Å². The Bertz CT molecular complexity index is 678. The Morgan fingerprint density at radius 3 is 2.73 bits per heavy atom. The van der Waals surface area contributed by atoms with Gasteiger partial charge < -0.3 is 5.73 Å². The first-order valence-corrected chi connectivity index (χ1v) is 8.41. The van der Waals surface area contributed by atoms with E-state index in [4.69, 9.17) is 5.73 Å². The van der Waals surface area contributed by atoms with Gasteiger partial charge in [-0.2, -0.15) is 4.31 Å². The highest BCUT2D eigenvalue weighted by Gasteiger charge is 2.40. The topological polar surface area (TPSA) is 107 Å². The average Bonchev–Trinajstić information content (AvgIpc) is 2.46. The maximum atomic E-state index is 14.0. The monoisotopic (exact) mass is 331 g/mol. The van der Waals surface area contributed by atoms with Gasteiger partial charge in [-0.1, -0.05) is 12.5 Å². The molecule has 1 saturated heterocycles. The molecule has 1 aromatic carbocycles. The van der Waals surface area contributed by atoms with E-state index in [0.717, 1.165) is 28.9 Å². The Kier molecular flexibility index (Phi) is 4.78. The van der Waals surface area contributed by atoms with E-state index >= 15 is 0 Å². The van der Waals surface area contributed by atoms with Crippen molar-refractivity contribution in [3.8, 4) is 0 Å². The van der Waals surface area contributed by atoms with Crippen LogP contribution in [0.1, 0.15) is 26.2 Å². The molecule has 2 atom stereocenters. The zero-order chi connectivity index (χ0) is 16.5. The van der Waals surface area contributed by atoms with Crippen LogP contribution in [0.15, 0.2) is 23.1 Å². The lowest BCUT2D eigenvalue weighted by Crippen LogP contribution is -2.51. The van der Waals surface area contributed by atoms with Crippen LogP contribution in [0.4, 0.5) is 10.1 Å². The van der Waals surface area contributed by atoms with Crippen LogP contribution in [-0.4, -0.2) is 36.3 Å². The summed E-state index contributed by atoms with van der Waals surface area (Å²) in [6, 6.07) is 2.08. The van der Waals surface area contributed by atoms with Gasteiger partial charge in [0.05, 0.1) is 4.92 Å². The van der Waals surface area contributed by atoms with E-state index in [9.17, 15) is 22.9 Å². The fraction of sp³-hybridized carbons (Fsp3) is 0.538. The minimum Gasteiger partial charge on any atom is -0.326 e. The van der Waals surface area contributed by atoms with E-state index < -0.39 is 43.4 Å². The van der Waals surface area contributed by atoms with Gasteiger partial charge in [-0.3, -0.25) is 10.1 Å². The number of nitrogens with two attached hydrogens (primary N) is 1. The van der Waals surface area contributed by atoms with Gasteiger partial charge in [-0.05, 0) is 25.8 Å². The molecule has 1 fully saturated rings. The first-order chi connectivity index (χ1) is 10.3. The van der Waals surface area contributed by atoms with E-state index in [0.29, 0.717) is 12.8 Å². The summed E-state index contributed by atoms with van der Waals surface area (Å²) in [7, 11) is -4.33. The van der Waals surface area contributed by atoms with Crippen LogP contribution in [0, 0.1) is 15.9 Å². The van der Waals surface area contributed by atoms with E-state index in [1.807, 2.05) is 0 Å². The van der Waals surface area contributed by atoms with E-state index in [1.54, 1.807) is 6.92 Å². The van der Waals surface area contributed by atoms with Gasteiger partial charge in [-0.15, -0.1) is 0 Å². The number of nitro benzene ring substituents is 1. The highest BCUT2D eigenvalue weighted by Crippen LogP contribution is 2.33. The van der Waals surface area contributed by atoms with E-state index in [1.165, 1.54) is 0 Å². The SMILES string of the molecule is CC(N)C1CCCCN1S(=O)(=O)c1c(F)cccc1[N+](=O)[O-]. The summed E-state index contributed by atoms with van der Waals surface area (Å²) in [5, 5.41) is 11.1. The normalized spacial score (nSPS) is 21.5. The molecule has 122 valence electrons. The molecule has 1 aromatic rings. The maximum absolute atomic E-state index is 14.0. The molecule has 1 heterocycles. The van der Waals surface area contributed by atoms with Crippen LogP contribution in [-0.2, 0) is 10.0 Å². The predicted molar refractivity (Wildman–Crippen MR) is 78.2 cm³/mol. The second-order valence-corrected chi connectivity index (χ2v) is 7.21. The molecular weight excluding hydrogens is 313 g/mol. The molecule has 0 spiro atoms. The number of rotatable bonds is 4. The van der Waals surface area contributed by atoms with Crippen LogP contribution in [0.3, 0.4) is 0 Å². The van der Waals surface area contributed by atoms with Crippen molar-refractivity contribution in [2.24, 2.45) is 5.73 Å². The molecule has 0 amide bonds. The number of nitro groups is 1. The van der Waals surface area contributed by atoms with Gasteiger partial charge in [0.2, 0.25) is 0 Å². The molecule has 0 saturated carbocycles. The summed E-state index contributed by atoms with van der Waals surface area (Å²) in [6.45, 7) is 1.86. The molecular formula is C13H18FN3O4S. The summed E-state index contributed by atoms with van der Waals surface area (Å²) in [5.41, 5.74) is 5.08. The van der Waals surface area contributed by atoms with Gasteiger partial charge in [-0.25, -0.2) is 12.8 Å². The van der Waals surface area contributed by atoms with Crippen molar-refractivity contribution < 1.29 is 17.7 Å². The van der Waals surface area contributed by atoms with Crippen LogP contribution in [0.5, 0.6) is 0 Å². The van der Waals surface area contributed by atoms with Gasteiger partial charge in [0.15, 0.2) is 4.90 Å². The summed E-state index contributed by atoms with van der Waals surface area (Å²) in [5.74, 6) is -1.12. The number of hydrogen-bond acceptors (Lipinski definition) is 5. The largest absolute Gasteiger partial charge is 0.326 e. The molecule has 1 aliphatic rings. The van der Waals surface area contributed by atoms with E-state index in [2.05, 4.69) is 0 Å². The smallest absolute Gasteiger partial charge is 0.292 e. The first kappa shape index (κ1) is 16.8. The summed E-state index contributed by atoms with van der Waals surface area (Å²) in [6.07, 6.45) is 1.99. The number of sulfonamides is 1. The number of hydrogen-bond donors (Lipinski definition) is 1. The number of benzene rings is 1. The maximum Gasteiger partial charge on any atom is 0.292 e. The molecule has 0 aliphatic carbocycles. The molecule has 22 heavy (non-hydrogen) atoms. The molecule has 2 unspecified atom stereocenters. The second-order valence-electron chi connectivity index (χ2n) is 5.38. The van der Waals surface area contributed by atoms with Crippen molar-refractivity contribution in [3.05, 3.63) is 34.1 Å². The van der Waals surface area contributed by atoms with Crippen LogP contribution < -0.4 is 5.73 Å². The average molecular weight is 331 g/mol. The Morgan fingerprint density at radius 1 is 1.45 bits per heavy atom. The summed E-state index contributed by atoms with van der Waals surface area (Å²) >= 11 is 0. The lowest BCUT2D eigenvalue weighted by Gasteiger charge is -2.36. The van der Waals surface area contributed by atoms with Crippen molar-refractivity contribution in [1.29, 1.82) is 0 Å². The highest BCUT2D eigenvalue weighted by atomic mass is 32.2. The van der Waals surface area contributed by atoms with Gasteiger partial charge in [0.25, 0.3) is 15.7 Å². The van der Waals surface area contributed by atoms with Gasteiger partial charge >= 0.3 is 0 Å². The Balaban J connectivity index is 2.57. The van der Waals surface area contributed by atoms with Crippen molar-refractivity contribution >= 4 is 15.7 Å². The Hall–Kier alpha value is -1.58. The van der Waals surface area contributed by atoms with E-state index in [-0.39, 0.29) is 6.54 Å². The third-order valence-electron chi connectivity index (χ3n) is 3.81. The summed E-state index contributed by atoms with van der Waals surface area (Å²) in [4.78, 5) is 9.28. The van der Waals surface area contributed by atoms with Crippen molar-refractivity contribution in [1.82, 2.24) is 4.31 Å². The predicted octanol–water partition coefficient (Wildman–Crippen LogP) is 1.62. The number of halogens is 1. The molecule has 9 heteroatoms. The van der Waals surface area contributed by atoms with Crippen LogP contribution in [0.25, 0.3) is 0 Å². The van der Waals surface area contributed by atoms with Crippen molar-refractivity contribution in [2.75, 3.05) is 6.54 Å². The molecule has 2 N–H and O–H groups in total. The third-order valence-corrected chi connectivity index (χ3v) is 5.81. The summed E-state index contributed by atoms with van der Waals surface area (Å²) < 4.78 is 40.7.